The van der Waals surface area contributed by atoms with Gasteiger partial charge in [-0.3, -0.25) is 0 Å². The zero-order valence-electron chi connectivity index (χ0n) is 9.31. The Hall–Kier alpha value is -1.74. The van der Waals surface area contributed by atoms with Crippen molar-refractivity contribution in [1.82, 2.24) is 0 Å². The molecule has 1 aromatic carbocycles. The Morgan fingerprint density at radius 1 is 1.47 bits per heavy atom. The van der Waals surface area contributed by atoms with Gasteiger partial charge in [0.25, 0.3) is 0 Å². The van der Waals surface area contributed by atoms with E-state index in [0.29, 0.717) is 18.1 Å². The first-order chi connectivity index (χ1) is 8.22. The predicted molar refractivity (Wildman–Crippen MR) is 68.2 cm³/mol. The molecule has 0 unspecified atom stereocenters. The minimum atomic E-state index is -0.0309. The van der Waals surface area contributed by atoms with Crippen LogP contribution in [0.4, 0.5) is 0 Å². The summed E-state index contributed by atoms with van der Waals surface area (Å²) in [6.07, 6.45) is 1.50. The van der Waals surface area contributed by atoms with Gasteiger partial charge < -0.3 is 15.3 Å². The predicted octanol–water partition coefficient (Wildman–Crippen LogP) is 2.04. The number of nitrogens with two attached hydrogens (primary N) is 1. The molecule has 0 spiro atoms. The average Bonchev–Trinajstić information content (AvgIpc) is 2.32. The summed E-state index contributed by atoms with van der Waals surface area (Å²) in [7, 11) is 0. The summed E-state index contributed by atoms with van der Waals surface area (Å²) < 4.78 is 11.4. The molecule has 0 aliphatic carbocycles. The van der Waals surface area contributed by atoms with Gasteiger partial charge in [0.1, 0.15) is 6.07 Å². The van der Waals surface area contributed by atoms with Crippen LogP contribution in [0.1, 0.15) is 12.5 Å². The van der Waals surface area contributed by atoms with Crippen molar-refractivity contribution in [3.05, 3.63) is 22.2 Å². The van der Waals surface area contributed by atoms with Crippen LogP contribution in [0.5, 0.6) is 11.5 Å². The van der Waals surface area contributed by atoms with E-state index in [1.807, 2.05) is 13.0 Å². The first-order valence-electron chi connectivity index (χ1n) is 4.92. The largest absolute Gasteiger partial charge is 0.490 e. The van der Waals surface area contributed by atoms with Crippen LogP contribution in [-0.2, 0) is 0 Å². The molecule has 0 fully saturated rings. The second-order valence-corrected chi connectivity index (χ2v) is 3.83. The molecule has 0 saturated heterocycles. The lowest BCUT2D eigenvalue weighted by atomic mass is 10.2. The minimum absolute atomic E-state index is 0.0309. The molecule has 0 radical (unpaired) electrons. The van der Waals surface area contributed by atoms with Crippen LogP contribution in [-0.4, -0.2) is 19.4 Å². The van der Waals surface area contributed by atoms with E-state index in [1.54, 1.807) is 12.1 Å². The van der Waals surface area contributed by atoms with Crippen molar-refractivity contribution in [2.24, 2.45) is 10.9 Å². The number of ether oxygens (including phenoxy) is 2. The summed E-state index contributed by atoms with van der Waals surface area (Å²) in [6, 6.07) is 5.37. The fourth-order valence-electron chi connectivity index (χ4n) is 1.22. The monoisotopic (exact) mass is 297 g/mol. The van der Waals surface area contributed by atoms with E-state index in [4.69, 9.17) is 20.6 Å². The van der Waals surface area contributed by atoms with Crippen molar-refractivity contribution in [3.8, 4) is 17.6 Å². The van der Waals surface area contributed by atoms with Gasteiger partial charge >= 0.3 is 0 Å². The average molecular weight is 298 g/mol. The Morgan fingerprint density at radius 3 is 2.76 bits per heavy atom. The van der Waals surface area contributed by atoms with Gasteiger partial charge in [0.2, 0.25) is 0 Å². The van der Waals surface area contributed by atoms with Gasteiger partial charge in [-0.05, 0) is 35.0 Å². The third-order valence-corrected chi connectivity index (χ3v) is 2.56. The Bertz CT molecular complexity index is 455. The number of rotatable bonds is 5. The lowest BCUT2D eigenvalue weighted by Gasteiger charge is -2.11. The zero-order chi connectivity index (χ0) is 12.7. The molecule has 0 atom stereocenters. The molecule has 0 heterocycles. The molecular formula is C11H12BrN3O2. The molecule has 0 bridgehead atoms. The summed E-state index contributed by atoms with van der Waals surface area (Å²) in [5.41, 5.74) is 0.778. The van der Waals surface area contributed by atoms with E-state index >= 15 is 0 Å². The zero-order valence-corrected chi connectivity index (χ0v) is 10.9. The highest BCUT2D eigenvalue weighted by atomic mass is 79.9. The molecule has 0 amide bonds. The summed E-state index contributed by atoms with van der Waals surface area (Å²) in [5, 5.41) is 11.9. The number of hydrogen-bond donors (Lipinski definition) is 1. The quantitative estimate of drug-likeness (QED) is 0.512. The van der Waals surface area contributed by atoms with Crippen LogP contribution in [0.2, 0.25) is 0 Å². The first kappa shape index (κ1) is 13.3. The van der Waals surface area contributed by atoms with Gasteiger partial charge in [0.15, 0.2) is 18.1 Å². The van der Waals surface area contributed by atoms with E-state index in [0.717, 1.165) is 10.0 Å². The second-order valence-electron chi connectivity index (χ2n) is 2.98. The standard InChI is InChI=1S/C11H12BrN3O2/c1-2-16-10-5-8(7-15-14)9(12)6-11(10)17-4-3-13/h5-7H,2,4,14H2,1H3. The number of hydrogen-bond acceptors (Lipinski definition) is 5. The van der Waals surface area contributed by atoms with Gasteiger partial charge in [-0.2, -0.15) is 10.4 Å². The fourth-order valence-corrected chi connectivity index (χ4v) is 1.65. The van der Waals surface area contributed by atoms with Gasteiger partial charge in [0, 0.05) is 10.0 Å². The number of nitrogens with zero attached hydrogens (tertiary/aromatic N) is 2. The van der Waals surface area contributed by atoms with E-state index in [-0.39, 0.29) is 6.61 Å². The highest BCUT2D eigenvalue weighted by Crippen LogP contribution is 2.33. The van der Waals surface area contributed by atoms with Crippen molar-refractivity contribution in [1.29, 1.82) is 5.26 Å². The molecule has 0 saturated carbocycles. The van der Waals surface area contributed by atoms with Gasteiger partial charge in [-0.1, -0.05) is 0 Å². The van der Waals surface area contributed by atoms with Crippen LogP contribution < -0.4 is 15.3 Å². The van der Waals surface area contributed by atoms with Crippen molar-refractivity contribution < 1.29 is 9.47 Å². The summed E-state index contributed by atoms with van der Waals surface area (Å²) in [4.78, 5) is 0. The van der Waals surface area contributed by atoms with E-state index in [2.05, 4.69) is 21.0 Å². The molecule has 0 aliphatic rings. The first-order valence-corrected chi connectivity index (χ1v) is 5.71. The van der Waals surface area contributed by atoms with Crippen molar-refractivity contribution in [2.75, 3.05) is 13.2 Å². The van der Waals surface area contributed by atoms with Gasteiger partial charge in [0.05, 0.1) is 12.8 Å². The van der Waals surface area contributed by atoms with E-state index in [9.17, 15) is 0 Å². The molecule has 1 rings (SSSR count). The smallest absolute Gasteiger partial charge is 0.174 e. The summed E-state index contributed by atoms with van der Waals surface area (Å²) >= 11 is 3.36. The van der Waals surface area contributed by atoms with Crippen LogP contribution in [0.3, 0.4) is 0 Å². The SMILES string of the molecule is CCOc1cc(C=NN)c(Br)cc1OCC#N. The summed E-state index contributed by atoms with van der Waals surface area (Å²) in [5.74, 6) is 6.17. The molecule has 5 nitrogen and oxygen atoms in total. The van der Waals surface area contributed by atoms with Crippen LogP contribution in [0.25, 0.3) is 0 Å². The normalized spacial score (nSPS) is 10.2. The number of hydrazone groups is 1. The molecule has 0 aliphatic heterocycles. The number of nitriles is 1. The molecule has 1 aromatic rings. The van der Waals surface area contributed by atoms with E-state index < -0.39 is 0 Å². The number of halogens is 1. The minimum Gasteiger partial charge on any atom is -0.490 e. The van der Waals surface area contributed by atoms with Crippen LogP contribution >= 0.6 is 15.9 Å². The van der Waals surface area contributed by atoms with Crippen LogP contribution in [0.15, 0.2) is 21.7 Å². The molecule has 90 valence electrons. The second kappa shape index (κ2) is 6.76. The van der Waals surface area contributed by atoms with Crippen molar-refractivity contribution in [3.63, 3.8) is 0 Å². The maximum Gasteiger partial charge on any atom is 0.174 e. The Morgan fingerprint density at radius 2 is 2.18 bits per heavy atom. The van der Waals surface area contributed by atoms with Crippen molar-refractivity contribution in [2.45, 2.75) is 6.92 Å². The maximum absolute atomic E-state index is 8.49. The Balaban J connectivity index is 3.11. The lowest BCUT2D eigenvalue weighted by Crippen LogP contribution is -2.01. The lowest BCUT2D eigenvalue weighted by molar-refractivity contribution is 0.298. The summed E-state index contributed by atoms with van der Waals surface area (Å²) in [6.45, 7) is 2.34. The molecule has 17 heavy (non-hydrogen) atoms. The molecule has 0 aromatic heterocycles. The molecule has 2 N–H and O–H groups in total. The fraction of sp³-hybridized carbons (Fsp3) is 0.273. The van der Waals surface area contributed by atoms with Gasteiger partial charge in [-0.25, -0.2) is 0 Å². The van der Waals surface area contributed by atoms with Gasteiger partial charge in [-0.15, -0.1) is 0 Å². The highest BCUT2D eigenvalue weighted by molar-refractivity contribution is 9.10. The number of benzene rings is 1. The van der Waals surface area contributed by atoms with Crippen LogP contribution in [0, 0.1) is 11.3 Å². The third-order valence-electron chi connectivity index (χ3n) is 1.87. The highest BCUT2D eigenvalue weighted by Gasteiger charge is 2.09. The topological polar surface area (TPSA) is 80.6 Å². The van der Waals surface area contributed by atoms with E-state index in [1.165, 1.54) is 6.21 Å². The third kappa shape index (κ3) is 3.64. The molecular weight excluding hydrogens is 286 g/mol. The Kier molecular flexibility index (Phi) is 5.30. The van der Waals surface area contributed by atoms with Crippen molar-refractivity contribution >= 4 is 22.1 Å². The Labute approximate surface area is 108 Å². The maximum atomic E-state index is 8.49. The molecule has 6 heteroatoms.